The fourth-order valence-electron chi connectivity index (χ4n) is 13.1. The average molecular weight is 1510 g/mol. The number of carbonyl (C=O) groups excluding carboxylic acids is 4. The van der Waals surface area contributed by atoms with Crippen molar-refractivity contribution in [2.45, 2.75) is 464 Å². The van der Waals surface area contributed by atoms with E-state index in [0.29, 0.717) is 25.7 Å². The predicted octanol–water partition coefficient (Wildman–Crippen LogP) is 25.5. The Balaban J connectivity index is 5.19. The Morgan fingerprint density at radius 2 is 0.447 bits per heavy atom. The van der Waals surface area contributed by atoms with E-state index in [0.717, 1.165) is 108 Å². The van der Waals surface area contributed by atoms with Gasteiger partial charge in [0.2, 0.25) is 0 Å². The quantitative estimate of drug-likeness (QED) is 0.0222. The lowest BCUT2D eigenvalue weighted by Crippen LogP contribution is -2.30. The standard InChI is InChI=1S/C84H164O17P2/c1-7-9-11-13-15-17-18-19-20-21-22-23-24-27-34-39-44-50-56-62-68-84(89)101-80(73-95-82(87)67-61-55-49-43-38-33-28-25-26-31-36-41-46-52-58-64-76(3)4)75-99-103(92,93)97-71-78(85)70-96-102(90,91)98-74-79(72-94-81(86)66-60-54-48-16-14-12-10-8-2)100-83(88)69-63-57-51-45-40-35-30-29-32-37-42-47-53-59-65-77(5)6/h76-80,85H,7-75H2,1-6H3,(H,90,91)(H,92,93)/t78-,79+,80+/m0/s1. The van der Waals surface area contributed by atoms with E-state index in [1.165, 1.54) is 257 Å². The zero-order valence-electron chi connectivity index (χ0n) is 67.6. The number of phosphoric acid groups is 2. The molecule has 0 bridgehead atoms. The van der Waals surface area contributed by atoms with Gasteiger partial charge >= 0.3 is 39.5 Å². The fraction of sp³-hybridized carbons (Fsp3) is 0.952. The molecule has 0 aromatic carbocycles. The van der Waals surface area contributed by atoms with Crippen LogP contribution in [-0.4, -0.2) is 96.7 Å². The van der Waals surface area contributed by atoms with Crippen molar-refractivity contribution in [1.29, 1.82) is 0 Å². The van der Waals surface area contributed by atoms with E-state index >= 15 is 0 Å². The Bertz CT molecular complexity index is 1980. The van der Waals surface area contributed by atoms with Gasteiger partial charge in [0.25, 0.3) is 0 Å². The van der Waals surface area contributed by atoms with Gasteiger partial charge in [0.05, 0.1) is 26.4 Å². The van der Waals surface area contributed by atoms with E-state index in [1.54, 1.807) is 0 Å². The maximum absolute atomic E-state index is 13.1. The molecule has 0 amide bonds. The van der Waals surface area contributed by atoms with Crippen molar-refractivity contribution in [1.82, 2.24) is 0 Å². The summed E-state index contributed by atoms with van der Waals surface area (Å²) in [5, 5.41) is 10.7. The second-order valence-electron chi connectivity index (χ2n) is 31.2. The highest BCUT2D eigenvalue weighted by molar-refractivity contribution is 7.47. The van der Waals surface area contributed by atoms with Crippen molar-refractivity contribution in [3.63, 3.8) is 0 Å². The third kappa shape index (κ3) is 78.0. The van der Waals surface area contributed by atoms with Crippen LogP contribution in [0.4, 0.5) is 0 Å². The molecule has 0 aromatic heterocycles. The average Bonchev–Trinajstić information content (AvgIpc) is 0.911. The number of aliphatic hydroxyl groups is 1. The SMILES string of the molecule is CCCCCCCCCCCCCCCCCCCCCCC(=O)O[C@H](COC(=O)CCCCCCCCCCCCCCCCCC(C)C)COP(=O)(O)OC[C@@H](O)COP(=O)(O)OC[C@@H](COC(=O)CCCCCCCCCC)OC(=O)CCCCCCCCCCCCCCCCC(C)C. The van der Waals surface area contributed by atoms with Crippen LogP contribution in [0.5, 0.6) is 0 Å². The molecular weight excluding hydrogens is 1340 g/mol. The van der Waals surface area contributed by atoms with Gasteiger partial charge < -0.3 is 33.8 Å². The third-order valence-corrected chi connectivity index (χ3v) is 21.6. The molecule has 0 spiro atoms. The largest absolute Gasteiger partial charge is 0.472 e. The van der Waals surface area contributed by atoms with Crippen molar-refractivity contribution < 1.29 is 80.2 Å². The van der Waals surface area contributed by atoms with Gasteiger partial charge in [-0.1, -0.05) is 395 Å². The summed E-state index contributed by atoms with van der Waals surface area (Å²) < 4.78 is 68.8. The predicted molar refractivity (Wildman–Crippen MR) is 423 cm³/mol. The molecule has 0 heterocycles. The van der Waals surface area contributed by atoms with Crippen LogP contribution in [0.2, 0.25) is 0 Å². The molecule has 17 nitrogen and oxygen atoms in total. The highest BCUT2D eigenvalue weighted by Crippen LogP contribution is 2.45. The van der Waals surface area contributed by atoms with Crippen LogP contribution in [0.15, 0.2) is 0 Å². The van der Waals surface area contributed by atoms with E-state index in [-0.39, 0.29) is 25.7 Å². The number of carbonyl (C=O) groups is 4. The van der Waals surface area contributed by atoms with Crippen molar-refractivity contribution in [3.8, 4) is 0 Å². The van der Waals surface area contributed by atoms with Crippen LogP contribution in [0.1, 0.15) is 446 Å². The molecule has 0 saturated carbocycles. The summed E-state index contributed by atoms with van der Waals surface area (Å²) in [6.07, 6.45) is 66.7. The summed E-state index contributed by atoms with van der Waals surface area (Å²) >= 11 is 0. The molecule has 19 heteroatoms. The molecule has 0 aliphatic carbocycles. The highest BCUT2D eigenvalue weighted by atomic mass is 31.2. The minimum absolute atomic E-state index is 0.108. The van der Waals surface area contributed by atoms with Gasteiger partial charge in [-0.15, -0.1) is 0 Å². The van der Waals surface area contributed by atoms with Crippen LogP contribution in [0.3, 0.4) is 0 Å². The topological polar surface area (TPSA) is 237 Å². The van der Waals surface area contributed by atoms with Gasteiger partial charge in [-0.2, -0.15) is 0 Å². The van der Waals surface area contributed by atoms with Crippen LogP contribution in [-0.2, 0) is 65.4 Å². The summed E-state index contributed by atoms with van der Waals surface area (Å²) in [6.45, 7) is 9.68. The van der Waals surface area contributed by atoms with Gasteiger partial charge in [0.1, 0.15) is 19.3 Å². The van der Waals surface area contributed by atoms with Crippen molar-refractivity contribution in [3.05, 3.63) is 0 Å². The summed E-state index contributed by atoms with van der Waals surface area (Å²) in [5.41, 5.74) is 0. The lowest BCUT2D eigenvalue weighted by Gasteiger charge is -2.21. The van der Waals surface area contributed by atoms with E-state index in [9.17, 15) is 43.2 Å². The van der Waals surface area contributed by atoms with Gasteiger partial charge in [0.15, 0.2) is 12.2 Å². The number of hydrogen-bond acceptors (Lipinski definition) is 15. The molecule has 0 saturated heterocycles. The molecule has 0 aliphatic heterocycles. The monoisotopic (exact) mass is 1510 g/mol. The minimum atomic E-state index is -4.96. The number of aliphatic hydroxyl groups excluding tert-OH is 1. The van der Waals surface area contributed by atoms with Gasteiger partial charge in [-0.3, -0.25) is 37.3 Å². The number of phosphoric ester groups is 2. The van der Waals surface area contributed by atoms with E-state index < -0.39 is 97.5 Å². The zero-order chi connectivity index (χ0) is 75.6. The molecule has 5 atom stereocenters. The van der Waals surface area contributed by atoms with Crippen molar-refractivity contribution >= 4 is 39.5 Å². The van der Waals surface area contributed by atoms with E-state index in [4.69, 9.17) is 37.0 Å². The summed E-state index contributed by atoms with van der Waals surface area (Å²) in [5.74, 6) is -0.505. The van der Waals surface area contributed by atoms with Gasteiger partial charge in [-0.25, -0.2) is 9.13 Å². The molecule has 612 valence electrons. The van der Waals surface area contributed by atoms with E-state index in [2.05, 4.69) is 41.5 Å². The summed E-state index contributed by atoms with van der Waals surface area (Å²) in [7, 11) is -9.92. The Kier molecular flexibility index (Phi) is 74.1. The first-order valence-electron chi connectivity index (χ1n) is 43.5. The molecule has 2 unspecified atom stereocenters. The van der Waals surface area contributed by atoms with Crippen LogP contribution in [0.25, 0.3) is 0 Å². The smallest absolute Gasteiger partial charge is 0.462 e. The first-order chi connectivity index (χ1) is 49.9. The molecule has 0 rings (SSSR count). The number of hydrogen-bond donors (Lipinski definition) is 3. The first kappa shape index (κ1) is 101. The highest BCUT2D eigenvalue weighted by Gasteiger charge is 2.30. The lowest BCUT2D eigenvalue weighted by molar-refractivity contribution is -0.161. The van der Waals surface area contributed by atoms with Crippen LogP contribution in [0, 0.1) is 11.8 Å². The molecular formula is C84H164O17P2. The second-order valence-corrected chi connectivity index (χ2v) is 34.1. The maximum Gasteiger partial charge on any atom is 0.472 e. The Labute approximate surface area is 632 Å². The zero-order valence-corrected chi connectivity index (χ0v) is 69.4. The summed E-state index contributed by atoms with van der Waals surface area (Å²) in [6, 6.07) is 0. The Morgan fingerprint density at radius 3 is 0.660 bits per heavy atom. The number of rotatable bonds is 83. The van der Waals surface area contributed by atoms with Gasteiger partial charge in [-0.05, 0) is 37.5 Å². The number of unbranched alkanes of at least 4 members (excludes halogenated alkanes) is 53. The molecule has 0 radical (unpaired) electrons. The normalized spacial score (nSPS) is 13.9. The lowest BCUT2D eigenvalue weighted by atomic mass is 10.0. The fourth-order valence-corrected chi connectivity index (χ4v) is 14.6. The minimum Gasteiger partial charge on any atom is -0.462 e. The van der Waals surface area contributed by atoms with Crippen LogP contribution >= 0.6 is 15.6 Å². The van der Waals surface area contributed by atoms with Crippen molar-refractivity contribution in [2.24, 2.45) is 11.8 Å². The third-order valence-electron chi connectivity index (χ3n) is 19.7. The molecule has 103 heavy (non-hydrogen) atoms. The molecule has 0 aliphatic rings. The van der Waals surface area contributed by atoms with Gasteiger partial charge in [0, 0.05) is 25.7 Å². The molecule has 0 aromatic rings. The molecule has 0 fully saturated rings. The number of ether oxygens (including phenoxy) is 4. The molecule has 3 N–H and O–H groups in total. The van der Waals surface area contributed by atoms with E-state index in [1.807, 2.05) is 0 Å². The first-order valence-corrected chi connectivity index (χ1v) is 46.5. The van der Waals surface area contributed by atoms with Crippen molar-refractivity contribution in [2.75, 3.05) is 39.6 Å². The number of esters is 4. The second kappa shape index (κ2) is 75.5. The summed E-state index contributed by atoms with van der Waals surface area (Å²) in [4.78, 5) is 73.1. The Morgan fingerprint density at radius 1 is 0.262 bits per heavy atom. The Hall–Kier alpha value is -1.94. The van der Waals surface area contributed by atoms with Crippen LogP contribution < -0.4 is 0 Å². The maximum atomic E-state index is 13.1.